The Hall–Kier alpha value is -1.31. The van der Waals surface area contributed by atoms with Gasteiger partial charge in [-0.05, 0) is 11.1 Å². The number of hydrogen-bond donors (Lipinski definition) is 1. The van der Waals surface area contributed by atoms with Gasteiger partial charge in [0.2, 0.25) is 5.91 Å². The maximum absolute atomic E-state index is 12.3. The molecule has 1 aromatic carbocycles. The molecule has 8 heteroatoms. The Balaban J connectivity index is 0.00000176. The Morgan fingerprint density at radius 2 is 2.18 bits per heavy atom. The van der Waals surface area contributed by atoms with Crippen LogP contribution in [0, 0.1) is 10.1 Å². The molecule has 1 fully saturated rings. The molecular weight excluding hydrogens is 326 g/mol. The molecule has 22 heavy (non-hydrogen) atoms. The van der Waals surface area contributed by atoms with Crippen LogP contribution >= 0.6 is 24.2 Å². The van der Waals surface area contributed by atoms with Crippen molar-refractivity contribution in [1.29, 1.82) is 0 Å². The predicted octanol–water partition coefficient (Wildman–Crippen LogP) is 1.95. The van der Waals surface area contributed by atoms with Crippen molar-refractivity contribution in [2.45, 2.75) is 25.6 Å². The van der Waals surface area contributed by atoms with E-state index in [9.17, 15) is 14.9 Å². The highest BCUT2D eigenvalue weighted by Gasteiger charge is 2.27. The summed E-state index contributed by atoms with van der Waals surface area (Å²) in [6, 6.07) is 5.09. The van der Waals surface area contributed by atoms with Gasteiger partial charge < -0.3 is 10.2 Å². The van der Waals surface area contributed by atoms with Crippen molar-refractivity contribution in [1.82, 2.24) is 10.2 Å². The smallest absolute Gasteiger partial charge is 0.269 e. The quantitative estimate of drug-likeness (QED) is 0.670. The first-order valence-electron chi connectivity index (χ1n) is 6.98. The summed E-state index contributed by atoms with van der Waals surface area (Å²) in [7, 11) is 0. The minimum absolute atomic E-state index is 0. The van der Waals surface area contributed by atoms with E-state index in [1.165, 1.54) is 6.07 Å². The number of hydrogen-bond acceptors (Lipinski definition) is 5. The fraction of sp³-hybridized carbons (Fsp3) is 0.500. The Bertz CT molecular complexity index is 578. The van der Waals surface area contributed by atoms with E-state index in [0.29, 0.717) is 19.5 Å². The topological polar surface area (TPSA) is 75.5 Å². The van der Waals surface area contributed by atoms with E-state index < -0.39 is 4.92 Å². The fourth-order valence-electron chi connectivity index (χ4n) is 2.76. The van der Waals surface area contributed by atoms with Gasteiger partial charge in [0.25, 0.3) is 5.69 Å². The van der Waals surface area contributed by atoms with Crippen molar-refractivity contribution in [3.63, 3.8) is 0 Å². The lowest BCUT2D eigenvalue weighted by Crippen LogP contribution is -2.41. The molecule has 1 atom stereocenters. The van der Waals surface area contributed by atoms with Gasteiger partial charge in [0.15, 0.2) is 0 Å². The third-order valence-corrected chi connectivity index (χ3v) is 5.03. The number of carbonyl (C=O) groups excluding carboxylic acids is 1. The number of nitrogens with one attached hydrogen (secondary N) is 1. The molecule has 0 bridgehead atoms. The minimum Gasteiger partial charge on any atom is -0.334 e. The van der Waals surface area contributed by atoms with E-state index in [1.54, 1.807) is 17.0 Å². The zero-order valence-corrected chi connectivity index (χ0v) is 13.6. The van der Waals surface area contributed by atoms with Gasteiger partial charge in [-0.25, -0.2) is 0 Å². The number of benzene rings is 1. The second-order valence-electron chi connectivity index (χ2n) is 5.39. The maximum Gasteiger partial charge on any atom is 0.269 e. The number of carbonyl (C=O) groups is 1. The van der Waals surface area contributed by atoms with Crippen LogP contribution in [-0.2, 0) is 17.9 Å². The summed E-state index contributed by atoms with van der Waals surface area (Å²) in [6.45, 7) is 2.00. The van der Waals surface area contributed by atoms with Crippen LogP contribution in [0.15, 0.2) is 18.2 Å². The first kappa shape index (κ1) is 17.1. The largest absolute Gasteiger partial charge is 0.334 e. The number of fused-ring (bicyclic) bond motifs is 1. The molecule has 0 aromatic heterocycles. The normalized spacial score (nSPS) is 20.2. The lowest BCUT2D eigenvalue weighted by atomic mass is 10.1. The number of nitro benzene ring substituents is 1. The molecule has 1 aromatic rings. The molecule has 0 radical (unpaired) electrons. The highest BCUT2D eigenvalue weighted by Crippen LogP contribution is 2.27. The van der Waals surface area contributed by atoms with Crippen LogP contribution < -0.4 is 5.32 Å². The molecule has 1 amide bonds. The number of amides is 1. The van der Waals surface area contributed by atoms with Gasteiger partial charge in [-0.15, -0.1) is 12.4 Å². The van der Waals surface area contributed by atoms with E-state index in [0.717, 1.165) is 29.2 Å². The molecule has 1 saturated heterocycles. The molecule has 1 N–H and O–H groups in total. The van der Waals surface area contributed by atoms with Crippen LogP contribution in [0.5, 0.6) is 0 Å². The van der Waals surface area contributed by atoms with Gasteiger partial charge in [0.1, 0.15) is 0 Å². The van der Waals surface area contributed by atoms with E-state index in [2.05, 4.69) is 5.32 Å². The summed E-state index contributed by atoms with van der Waals surface area (Å²) in [5, 5.41) is 14.2. The average molecular weight is 344 g/mol. The second-order valence-corrected chi connectivity index (χ2v) is 6.54. The van der Waals surface area contributed by atoms with Crippen LogP contribution in [0.2, 0.25) is 0 Å². The Labute approximate surface area is 139 Å². The van der Waals surface area contributed by atoms with Crippen molar-refractivity contribution in [2.75, 3.05) is 18.1 Å². The van der Waals surface area contributed by atoms with Crippen LogP contribution in [0.4, 0.5) is 5.69 Å². The second kappa shape index (κ2) is 7.30. The molecule has 120 valence electrons. The van der Waals surface area contributed by atoms with Gasteiger partial charge in [-0.1, -0.05) is 6.07 Å². The molecule has 0 saturated carbocycles. The molecule has 2 heterocycles. The van der Waals surface area contributed by atoms with Crippen molar-refractivity contribution >= 4 is 35.8 Å². The van der Waals surface area contributed by atoms with E-state index in [-0.39, 0.29) is 30.0 Å². The molecule has 2 aliphatic rings. The first-order valence-corrected chi connectivity index (χ1v) is 8.14. The van der Waals surface area contributed by atoms with Gasteiger partial charge >= 0.3 is 0 Å². The van der Waals surface area contributed by atoms with Crippen LogP contribution in [0.3, 0.4) is 0 Å². The molecule has 3 rings (SSSR count). The summed E-state index contributed by atoms with van der Waals surface area (Å²) in [5.74, 6) is 2.19. The highest BCUT2D eigenvalue weighted by atomic mass is 35.5. The minimum atomic E-state index is -0.395. The van der Waals surface area contributed by atoms with Gasteiger partial charge in [0.05, 0.1) is 4.92 Å². The number of nitro groups is 1. The SMILES string of the molecule is Cl.O=C(CC1CSCCN1)N1Cc2ccc([N+](=O)[O-])cc2C1. The maximum atomic E-state index is 12.3. The fourth-order valence-corrected chi connectivity index (χ4v) is 3.71. The average Bonchev–Trinajstić information content (AvgIpc) is 2.91. The summed E-state index contributed by atoms with van der Waals surface area (Å²) in [4.78, 5) is 24.5. The Kier molecular flexibility index (Phi) is 5.66. The predicted molar refractivity (Wildman–Crippen MR) is 88.3 cm³/mol. The summed E-state index contributed by atoms with van der Waals surface area (Å²) >= 11 is 1.87. The van der Waals surface area contributed by atoms with Crippen LogP contribution in [0.25, 0.3) is 0 Å². The number of nitrogens with zero attached hydrogens (tertiary/aromatic N) is 2. The monoisotopic (exact) mass is 343 g/mol. The molecule has 2 aliphatic heterocycles. The van der Waals surface area contributed by atoms with E-state index >= 15 is 0 Å². The zero-order valence-electron chi connectivity index (χ0n) is 12.0. The number of halogens is 1. The molecule has 0 spiro atoms. The number of non-ortho nitro benzene ring substituents is 1. The molecule has 0 aliphatic carbocycles. The van der Waals surface area contributed by atoms with Gasteiger partial charge in [0, 0.05) is 55.7 Å². The van der Waals surface area contributed by atoms with Gasteiger partial charge in [-0.2, -0.15) is 11.8 Å². The molecule has 1 unspecified atom stereocenters. The van der Waals surface area contributed by atoms with Crippen molar-refractivity contribution in [3.8, 4) is 0 Å². The van der Waals surface area contributed by atoms with Crippen molar-refractivity contribution < 1.29 is 9.72 Å². The van der Waals surface area contributed by atoms with Crippen LogP contribution in [0.1, 0.15) is 17.5 Å². The lowest BCUT2D eigenvalue weighted by Gasteiger charge is -2.25. The lowest BCUT2D eigenvalue weighted by molar-refractivity contribution is -0.384. The van der Waals surface area contributed by atoms with Gasteiger partial charge in [-0.3, -0.25) is 14.9 Å². The Morgan fingerprint density at radius 1 is 1.41 bits per heavy atom. The highest BCUT2D eigenvalue weighted by molar-refractivity contribution is 7.99. The number of rotatable bonds is 3. The molecule has 6 nitrogen and oxygen atoms in total. The van der Waals surface area contributed by atoms with E-state index in [4.69, 9.17) is 0 Å². The molecular formula is C14H18ClN3O3S. The number of thioether (sulfide) groups is 1. The first-order chi connectivity index (χ1) is 10.1. The van der Waals surface area contributed by atoms with E-state index in [1.807, 2.05) is 11.8 Å². The zero-order chi connectivity index (χ0) is 14.8. The third kappa shape index (κ3) is 3.71. The van der Waals surface area contributed by atoms with Crippen molar-refractivity contribution in [3.05, 3.63) is 39.4 Å². The van der Waals surface area contributed by atoms with Crippen molar-refractivity contribution in [2.24, 2.45) is 0 Å². The summed E-state index contributed by atoms with van der Waals surface area (Å²) in [5.41, 5.74) is 2.00. The Morgan fingerprint density at radius 3 is 2.86 bits per heavy atom. The standard InChI is InChI=1S/C14H17N3O3S.ClH/c18-14(6-12-9-21-4-3-15-12)16-7-10-1-2-13(17(19)20)5-11(10)8-16;/h1-2,5,12,15H,3-4,6-9H2;1H. The summed E-state index contributed by atoms with van der Waals surface area (Å²) in [6.07, 6.45) is 0.503. The summed E-state index contributed by atoms with van der Waals surface area (Å²) < 4.78 is 0. The third-order valence-electron chi connectivity index (χ3n) is 3.90. The van der Waals surface area contributed by atoms with Crippen LogP contribution in [-0.4, -0.2) is 39.8 Å².